The quantitative estimate of drug-likeness (QED) is 0.329. The zero-order valence-corrected chi connectivity index (χ0v) is 19.0. The van der Waals surface area contributed by atoms with Gasteiger partial charge in [-0.05, 0) is 72.1 Å². The number of urea groups is 1. The fourth-order valence-electron chi connectivity index (χ4n) is 4.25. The van der Waals surface area contributed by atoms with Crippen molar-refractivity contribution in [2.24, 2.45) is 0 Å². The molecule has 2 heterocycles. The Morgan fingerprint density at radius 2 is 1.81 bits per heavy atom. The minimum atomic E-state index is -0.380. The second-order valence-electron chi connectivity index (χ2n) is 7.91. The highest BCUT2D eigenvalue weighted by Gasteiger charge is 2.33. The first-order valence-corrected chi connectivity index (χ1v) is 11.2. The van der Waals surface area contributed by atoms with Crippen molar-refractivity contribution in [1.82, 2.24) is 9.47 Å². The SMILES string of the molecule is Cc1cc(NC(=O)N2Cc3ccccc3-n3cccc3[C@H]2c2ccc(F)cc2)ccc1Br. The van der Waals surface area contributed by atoms with Crippen molar-refractivity contribution in [1.29, 1.82) is 0 Å². The van der Waals surface area contributed by atoms with Crippen LogP contribution in [-0.4, -0.2) is 15.5 Å². The molecule has 0 radical (unpaired) electrons. The van der Waals surface area contributed by atoms with Crippen LogP contribution >= 0.6 is 15.9 Å². The lowest BCUT2D eigenvalue weighted by molar-refractivity contribution is 0.194. The maximum Gasteiger partial charge on any atom is 0.322 e. The molecule has 32 heavy (non-hydrogen) atoms. The van der Waals surface area contributed by atoms with E-state index in [1.165, 1.54) is 12.1 Å². The second-order valence-corrected chi connectivity index (χ2v) is 8.76. The number of para-hydroxylation sites is 1. The lowest BCUT2D eigenvalue weighted by atomic mass is 10.0. The maximum absolute atomic E-state index is 13.7. The third-order valence-corrected chi connectivity index (χ3v) is 6.71. The van der Waals surface area contributed by atoms with Gasteiger partial charge in [0.25, 0.3) is 0 Å². The number of aromatic nitrogens is 1. The summed E-state index contributed by atoms with van der Waals surface area (Å²) >= 11 is 3.50. The molecule has 1 atom stereocenters. The second kappa shape index (κ2) is 8.28. The summed E-state index contributed by atoms with van der Waals surface area (Å²) < 4.78 is 16.8. The summed E-state index contributed by atoms with van der Waals surface area (Å²) in [5.74, 6) is -0.303. The predicted octanol–water partition coefficient (Wildman–Crippen LogP) is 6.82. The van der Waals surface area contributed by atoms with Crippen LogP contribution in [0.15, 0.2) is 89.5 Å². The number of hydrogen-bond acceptors (Lipinski definition) is 1. The maximum atomic E-state index is 13.7. The molecular weight excluding hydrogens is 469 g/mol. The molecule has 5 rings (SSSR count). The Morgan fingerprint density at radius 1 is 1.03 bits per heavy atom. The van der Waals surface area contributed by atoms with Gasteiger partial charge in [-0.3, -0.25) is 0 Å². The summed E-state index contributed by atoms with van der Waals surface area (Å²) in [6, 6.07) is 23.6. The highest BCUT2D eigenvalue weighted by molar-refractivity contribution is 9.10. The molecule has 0 saturated heterocycles. The minimum Gasteiger partial charge on any atom is -0.318 e. The molecule has 0 aliphatic carbocycles. The summed E-state index contributed by atoms with van der Waals surface area (Å²) in [6.07, 6.45) is 2.00. The van der Waals surface area contributed by atoms with Gasteiger partial charge in [0, 0.05) is 22.1 Å². The number of rotatable bonds is 2. The standard InChI is InChI=1S/C26H21BrFN3O/c1-17-15-21(12-13-22(17)27)29-26(32)31-16-19-5-2-3-6-23(19)30-14-4-7-24(30)25(31)18-8-10-20(28)11-9-18/h2-15,25H,16H2,1H3,(H,29,32)/t25-/m1/s1. The number of aryl methyl sites for hydroxylation is 1. The average Bonchev–Trinajstić information content (AvgIpc) is 3.21. The molecule has 0 saturated carbocycles. The third kappa shape index (κ3) is 3.71. The van der Waals surface area contributed by atoms with Crippen molar-refractivity contribution in [3.8, 4) is 5.69 Å². The molecule has 1 aliphatic heterocycles. The number of nitrogens with one attached hydrogen (secondary N) is 1. The van der Waals surface area contributed by atoms with E-state index in [1.807, 2.05) is 66.6 Å². The molecule has 2 amide bonds. The van der Waals surface area contributed by atoms with Gasteiger partial charge in [-0.2, -0.15) is 0 Å². The lowest BCUT2D eigenvalue weighted by Crippen LogP contribution is -2.37. The Kier molecular flexibility index (Phi) is 5.31. The van der Waals surface area contributed by atoms with Crippen molar-refractivity contribution < 1.29 is 9.18 Å². The van der Waals surface area contributed by atoms with E-state index in [0.717, 1.165) is 38.2 Å². The molecule has 160 valence electrons. The third-order valence-electron chi connectivity index (χ3n) is 5.82. The molecule has 1 aromatic heterocycles. The smallest absolute Gasteiger partial charge is 0.318 e. The highest BCUT2D eigenvalue weighted by atomic mass is 79.9. The van der Waals surface area contributed by atoms with Gasteiger partial charge < -0.3 is 14.8 Å². The van der Waals surface area contributed by atoms with E-state index < -0.39 is 0 Å². The number of fused-ring (bicyclic) bond motifs is 3. The van der Waals surface area contributed by atoms with Crippen molar-refractivity contribution in [3.63, 3.8) is 0 Å². The van der Waals surface area contributed by atoms with Crippen LogP contribution in [-0.2, 0) is 6.54 Å². The van der Waals surface area contributed by atoms with Gasteiger partial charge >= 0.3 is 6.03 Å². The summed E-state index contributed by atoms with van der Waals surface area (Å²) in [4.78, 5) is 15.4. The molecule has 0 bridgehead atoms. The normalized spacial score (nSPS) is 15.0. The Bertz CT molecular complexity index is 1300. The predicted molar refractivity (Wildman–Crippen MR) is 127 cm³/mol. The van der Waals surface area contributed by atoms with Gasteiger partial charge in [0.15, 0.2) is 0 Å². The first-order chi connectivity index (χ1) is 15.5. The molecule has 4 nitrogen and oxygen atoms in total. The van der Waals surface area contributed by atoms with Crippen molar-refractivity contribution >= 4 is 27.6 Å². The fourth-order valence-corrected chi connectivity index (χ4v) is 4.50. The van der Waals surface area contributed by atoms with Crippen LogP contribution in [0.2, 0.25) is 0 Å². The molecule has 4 aromatic rings. The fraction of sp³-hybridized carbons (Fsp3) is 0.115. The van der Waals surface area contributed by atoms with Crippen LogP contribution in [0, 0.1) is 12.7 Å². The number of hydrogen-bond donors (Lipinski definition) is 1. The van der Waals surface area contributed by atoms with Crippen LogP contribution in [0.4, 0.5) is 14.9 Å². The number of nitrogens with zero attached hydrogens (tertiary/aromatic N) is 2. The van der Waals surface area contributed by atoms with E-state index in [1.54, 1.807) is 12.1 Å². The van der Waals surface area contributed by atoms with Crippen LogP contribution in [0.25, 0.3) is 5.69 Å². The van der Waals surface area contributed by atoms with Gasteiger partial charge in [0.05, 0.1) is 18.3 Å². The first kappa shape index (κ1) is 20.5. The summed E-state index contributed by atoms with van der Waals surface area (Å²) in [6.45, 7) is 2.40. The molecule has 0 fully saturated rings. The molecular formula is C26H21BrFN3O. The minimum absolute atomic E-state index is 0.217. The van der Waals surface area contributed by atoms with E-state index in [2.05, 4.69) is 31.9 Å². The van der Waals surface area contributed by atoms with Crippen molar-refractivity contribution in [3.05, 3.63) is 118 Å². The first-order valence-electron chi connectivity index (χ1n) is 10.4. The van der Waals surface area contributed by atoms with Crippen molar-refractivity contribution in [2.45, 2.75) is 19.5 Å². The molecule has 0 spiro atoms. The number of carbonyl (C=O) groups is 1. The zero-order valence-electron chi connectivity index (χ0n) is 17.4. The molecule has 3 aromatic carbocycles. The van der Waals surface area contributed by atoms with E-state index in [9.17, 15) is 9.18 Å². The molecule has 1 N–H and O–H groups in total. The summed E-state index contributed by atoms with van der Waals surface area (Å²) in [5, 5.41) is 3.06. The largest absolute Gasteiger partial charge is 0.322 e. The lowest BCUT2D eigenvalue weighted by Gasteiger charge is -2.31. The molecule has 0 unspecified atom stereocenters. The van der Waals surface area contributed by atoms with Crippen LogP contribution in [0.5, 0.6) is 0 Å². The summed E-state index contributed by atoms with van der Waals surface area (Å²) in [7, 11) is 0. The highest BCUT2D eigenvalue weighted by Crippen LogP contribution is 2.37. The molecule has 1 aliphatic rings. The Morgan fingerprint density at radius 3 is 2.59 bits per heavy atom. The van der Waals surface area contributed by atoms with Gasteiger partial charge in [-0.15, -0.1) is 0 Å². The Hall–Kier alpha value is -3.38. The number of carbonyl (C=O) groups excluding carboxylic acids is 1. The van der Waals surface area contributed by atoms with Crippen molar-refractivity contribution in [2.75, 3.05) is 5.32 Å². The van der Waals surface area contributed by atoms with E-state index in [0.29, 0.717) is 6.54 Å². The van der Waals surface area contributed by atoms with Gasteiger partial charge in [-0.1, -0.05) is 46.3 Å². The topological polar surface area (TPSA) is 37.3 Å². The number of benzene rings is 3. The monoisotopic (exact) mass is 489 g/mol. The zero-order chi connectivity index (χ0) is 22.2. The number of halogens is 2. The van der Waals surface area contributed by atoms with E-state index in [-0.39, 0.29) is 17.9 Å². The summed E-state index contributed by atoms with van der Waals surface area (Å²) in [5.41, 5.74) is 5.63. The van der Waals surface area contributed by atoms with Gasteiger partial charge in [0.2, 0.25) is 0 Å². The number of amides is 2. The Balaban J connectivity index is 1.61. The number of anilines is 1. The Labute approximate surface area is 194 Å². The van der Waals surface area contributed by atoms with Crippen LogP contribution < -0.4 is 5.32 Å². The van der Waals surface area contributed by atoms with E-state index >= 15 is 0 Å². The van der Waals surface area contributed by atoms with Crippen LogP contribution in [0.1, 0.15) is 28.4 Å². The van der Waals surface area contributed by atoms with Crippen LogP contribution in [0.3, 0.4) is 0 Å². The van der Waals surface area contributed by atoms with E-state index in [4.69, 9.17) is 0 Å². The van der Waals surface area contributed by atoms with Gasteiger partial charge in [-0.25, -0.2) is 9.18 Å². The van der Waals surface area contributed by atoms with Gasteiger partial charge in [0.1, 0.15) is 5.82 Å². The average molecular weight is 490 g/mol. The molecule has 6 heteroatoms.